The number of amides is 1. The lowest BCUT2D eigenvalue weighted by atomic mass is 10.1. The molecule has 1 aliphatic heterocycles. The SMILES string of the molecule is CC(C)(C)OC(=O)N1CCO[C@H](c2cccc(Oc3ccncn3)c2)C1. The molecule has 0 radical (unpaired) electrons. The first-order chi connectivity index (χ1) is 12.4. The van der Waals surface area contributed by atoms with Crippen molar-refractivity contribution in [1.29, 1.82) is 0 Å². The molecule has 7 nitrogen and oxygen atoms in total. The van der Waals surface area contributed by atoms with Crippen LogP contribution in [0.2, 0.25) is 0 Å². The second-order valence-corrected chi connectivity index (χ2v) is 7.01. The van der Waals surface area contributed by atoms with Gasteiger partial charge in [-0.1, -0.05) is 12.1 Å². The Balaban J connectivity index is 1.68. The fourth-order valence-electron chi connectivity index (χ4n) is 2.58. The lowest BCUT2D eigenvalue weighted by Crippen LogP contribution is -2.44. The highest BCUT2D eigenvalue weighted by Crippen LogP contribution is 2.28. The third-order valence-corrected chi connectivity index (χ3v) is 3.73. The standard InChI is InChI=1S/C19H23N3O4/c1-19(2,3)26-18(23)22-9-10-24-16(12-22)14-5-4-6-15(11-14)25-17-7-8-20-13-21-17/h4-8,11,13,16H,9-10,12H2,1-3H3/t16-/m0/s1. The normalized spacial score (nSPS) is 17.7. The Labute approximate surface area is 152 Å². The molecule has 0 unspecified atom stereocenters. The Morgan fingerprint density at radius 3 is 2.88 bits per heavy atom. The van der Waals surface area contributed by atoms with Gasteiger partial charge in [-0.15, -0.1) is 0 Å². The van der Waals surface area contributed by atoms with Crippen molar-refractivity contribution in [3.05, 3.63) is 48.4 Å². The van der Waals surface area contributed by atoms with Crippen LogP contribution in [-0.2, 0) is 9.47 Å². The molecule has 3 rings (SSSR count). The summed E-state index contributed by atoms with van der Waals surface area (Å²) in [6.07, 6.45) is 2.50. The number of hydrogen-bond acceptors (Lipinski definition) is 6. The summed E-state index contributed by atoms with van der Waals surface area (Å²) in [4.78, 5) is 21.9. The predicted octanol–water partition coefficient (Wildman–Crippen LogP) is 3.58. The molecule has 1 fully saturated rings. The Kier molecular flexibility index (Phi) is 5.37. The van der Waals surface area contributed by atoms with Gasteiger partial charge >= 0.3 is 6.09 Å². The molecule has 0 N–H and O–H groups in total. The van der Waals surface area contributed by atoms with Crippen LogP contribution in [-0.4, -0.2) is 46.3 Å². The number of hydrogen-bond donors (Lipinski definition) is 0. The van der Waals surface area contributed by atoms with E-state index < -0.39 is 5.60 Å². The molecule has 1 atom stereocenters. The van der Waals surface area contributed by atoms with E-state index in [0.29, 0.717) is 31.3 Å². The van der Waals surface area contributed by atoms with E-state index in [4.69, 9.17) is 14.2 Å². The van der Waals surface area contributed by atoms with Gasteiger partial charge in [0.15, 0.2) is 0 Å². The zero-order valence-electron chi connectivity index (χ0n) is 15.2. The number of carbonyl (C=O) groups is 1. The first-order valence-electron chi connectivity index (χ1n) is 8.54. The largest absolute Gasteiger partial charge is 0.444 e. The lowest BCUT2D eigenvalue weighted by molar-refractivity contribution is -0.0433. The van der Waals surface area contributed by atoms with Gasteiger partial charge in [0.25, 0.3) is 0 Å². The Hall–Kier alpha value is -2.67. The van der Waals surface area contributed by atoms with Crippen LogP contribution in [0.3, 0.4) is 0 Å². The van der Waals surface area contributed by atoms with Gasteiger partial charge < -0.3 is 19.1 Å². The number of rotatable bonds is 3. The van der Waals surface area contributed by atoms with Crippen molar-refractivity contribution in [2.75, 3.05) is 19.7 Å². The summed E-state index contributed by atoms with van der Waals surface area (Å²) in [5.74, 6) is 1.12. The second kappa shape index (κ2) is 7.70. The van der Waals surface area contributed by atoms with E-state index in [1.165, 1.54) is 6.33 Å². The summed E-state index contributed by atoms with van der Waals surface area (Å²) in [6.45, 7) is 6.99. The third kappa shape index (κ3) is 4.92. The average Bonchev–Trinajstić information content (AvgIpc) is 2.61. The van der Waals surface area contributed by atoms with Crippen molar-refractivity contribution in [3.63, 3.8) is 0 Å². The van der Waals surface area contributed by atoms with Crippen molar-refractivity contribution >= 4 is 6.09 Å². The quantitative estimate of drug-likeness (QED) is 0.836. The predicted molar refractivity (Wildman–Crippen MR) is 95.0 cm³/mol. The number of aromatic nitrogens is 2. The van der Waals surface area contributed by atoms with Crippen LogP contribution < -0.4 is 4.74 Å². The molecule has 1 aliphatic rings. The van der Waals surface area contributed by atoms with Gasteiger partial charge in [0.1, 0.15) is 23.8 Å². The van der Waals surface area contributed by atoms with Crippen molar-refractivity contribution in [2.24, 2.45) is 0 Å². The summed E-state index contributed by atoms with van der Waals surface area (Å²) in [5.41, 5.74) is 0.417. The van der Waals surface area contributed by atoms with Crippen LogP contribution >= 0.6 is 0 Å². The Bertz CT molecular complexity index is 746. The van der Waals surface area contributed by atoms with Crippen LogP contribution in [0.15, 0.2) is 42.9 Å². The van der Waals surface area contributed by atoms with Gasteiger partial charge in [-0.3, -0.25) is 0 Å². The van der Waals surface area contributed by atoms with Crippen LogP contribution in [0.25, 0.3) is 0 Å². The highest BCUT2D eigenvalue weighted by molar-refractivity contribution is 5.68. The van der Waals surface area contributed by atoms with E-state index >= 15 is 0 Å². The van der Waals surface area contributed by atoms with E-state index in [2.05, 4.69) is 9.97 Å². The fourth-order valence-corrected chi connectivity index (χ4v) is 2.58. The van der Waals surface area contributed by atoms with Gasteiger partial charge in [-0.2, -0.15) is 0 Å². The molecule has 1 aromatic carbocycles. The first-order valence-corrected chi connectivity index (χ1v) is 8.54. The minimum absolute atomic E-state index is 0.231. The summed E-state index contributed by atoms with van der Waals surface area (Å²) in [7, 11) is 0. The number of benzene rings is 1. The van der Waals surface area contributed by atoms with E-state index in [9.17, 15) is 4.79 Å². The van der Waals surface area contributed by atoms with E-state index in [1.807, 2.05) is 45.0 Å². The van der Waals surface area contributed by atoms with Gasteiger partial charge in [0.05, 0.1) is 13.2 Å². The Morgan fingerprint density at radius 2 is 2.15 bits per heavy atom. The minimum atomic E-state index is -0.518. The first kappa shape index (κ1) is 18.1. The molecule has 138 valence electrons. The van der Waals surface area contributed by atoms with Gasteiger partial charge in [0, 0.05) is 18.8 Å². The monoisotopic (exact) mass is 357 g/mol. The number of nitrogens with zero attached hydrogens (tertiary/aromatic N) is 3. The molecule has 2 aromatic rings. The van der Waals surface area contributed by atoms with Crippen LogP contribution in [0.4, 0.5) is 4.79 Å². The molecule has 1 amide bonds. The summed E-state index contributed by atoms with van der Waals surface area (Å²) >= 11 is 0. The van der Waals surface area contributed by atoms with Crippen molar-refractivity contribution in [1.82, 2.24) is 14.9 Å². The number of carbonyl (C=O) groups excluding carboxylic acids is 1. The zero-order chi connectivity index (χ0) is 18.6. The lowest BCUT2D eigenvalue weighted by Gasteiger charge is -2.34. The molecule has 1 saturated heterocycles. The summed E-state index contributed by atoms with van der Waals surface area (Å²) in [6, 6.07) is 9.27. The van der Waals surface area contributed by atoms with E-state index in [0.717, 1.165) is 5.56 Å². The van der Waals surface area contributed by atoms with Crippen LogP contribution in [0.1, 0.15) is 32.4 Å². The van der Waals surface area contributed by atoms with Gasteiger partial charge in [-0.05, 0) is 38.5 Å². The van der Waals surface area contributed by atoms with Crippen molar-refractivity contribution < 1.29 is 19.0 Å². The highest BCUT2D eigenvalue weighted by Gasteiger charge is 2.29. The smallest absolute Gasteiger partial charge is 0.410 e. The maximum absolute atomic E-state index is 12.3. The molecule has 0 bridgehead atoms. The highest BCUT2D eigenvalue weighted by atomic mass is 16.6. The maximum atomic E-state index is 12.3. The molecule has 0 spiro atoms. The van der Waals surface area contributed by atoms with Crippen molar-refractivity contribution in [2.45, 2.75) is 32.5 Å². The maximum Gasteiger partial charge on any atom is 0.410 e. The molecule has 26 heavy (non-hydrogen) atoms. The Morgan fingerprint density at radius 1 is 1.31 bits per heavy atom. The number of ether oxygens (including phenoxy) is 3. The summed E-state index contributed by atoms with van der Waals surface area (Å²) in [5, 5.41) is 0. The summed E-state index contributed by atoms with van der Waals surface area (Å²) < 4.78 is 17.0. The van der Waals surface area contributed by atoms with E-state index in [1.54, 1.807) is 17.2 Å². The second-order valence-electron chi connectivity index (χ2n) is 7.01. The molecule has 0 aliphatic carbocycles. The zero-order valence-corrected chi connectivity index (χ0v) is 15.2. The molecule has 2 heterocycles. The van der Waals surface area contributed by atoms with Gasteiger partial charge in [0.2, 0.25) is 5.88 Å². The van der Waals surface area contributed by atoms with Crippen molar-refractivity contribution in [3.8, 4) is 11.6 Å². The third-order valence-electron chi connectivity index (χ3n) is 3.73. The average molecular weight is 357 g/mol. The van der Waals surface area contributed by atoms with Crippen LogP contribution in [0.5, 0.6) is 11.6 Å². The molecular weight excluding hydrogens is 334 g/mol. The molecular formula is C19H23N3O4. The minimum Gasteiger partial charge on any atom is -0.444 e. The van der Waals surface area contributed by atoms with Crippen LogP contribution in [0, 0.1) is 0 Å². The molecule has 1 aromatic heterocycles. The van der Waals surface area contributed by atoms with E-state index in [-0.39, 0.29) is 12.2 Å². The molecule has 7 heteroatoms. The topological polar surface area (TPSA) is 73.8 Å². The number of morpholine rings is 1. The molecule has 0 saturated carbocycles. The van der Waals surface area contributed by atoms with Gasteiger partial charge in [-0.25, -0.2) is 14.8 Å². The fraction of sp³-hybridized carbons (Fsp3) is 0.421.